The van der Waals surface area contributed by atoms with Crippen LogP contribution >= 0.6 is 0 Å². The summed E-state index contributed by atoms with van der Waals surface area (Å²) >= 11 is 0. The van der Waals surface area contributed by atoms with Crippen molar-refractivity contribution in [2.75, 3.05) is 20.1 Å². The van der Waals surface area contributed by atoms with Gasteiger partial charge in [0.15, 0.2) is 0 Å². The standard InChI is InChI=1S/C27H36N2O4S/c1-20-9-10-21(2)26(19-20)33-24-15-17-29(18-16-24)27(30)22-11-13-25(14-12-22)34(31,32)28(3)23-7-5-4-6-8-23/h9-14,19,23-24H,4-8,15-18H2,1-3H3. The molecule has 0 spiro atoms. The van der Waals surface area contributed by atoms with Crippen molar-refractivity contribution in [3.05, 3.63) is 59.2 Å². The number of carbonyl (C=O) groups excluding carboxylic acids is 1. The van der Waals surface area contributed by atoms with Crippen molar-refractivity contribution in [3.63, 3.8) is 0 Å². The second-order valence-electron chi connectivity index (χ2n) is 9.72. The third kappa shape index (κ3) is 5.47. The Labute approximate surface area is 204 Å². The molecule has 0 unspecified atom stereocenters. The molecule has 0 aromatic heterocycles. The van der Waals surface area contributed by atoms with Crippen LogP contribution in [0.5, 0.6) is 5.75 Å². The minimum Gasteiger partial charge on any atom is -0.490 e. The van der Waals surface area contributed by atoms with Gasteiger partial charge >= 0.3 is 0 Å². The van der Waals surface area contributed by atoms with Crippen LogP contribution in [0.1, 0.15) is 66.4 Å². The molecule has 0 N–H and O–H groups in total. The molecule has 0 atom stereocenters. The predicted octanol–water partition coefficient (Wildman–Crippen LogP) is 4.94. The van der Waals surface area contributed by atoms with Gasteiger partial charge in [-0.25, -0.2) is 8.42 Å². The van der Waals surface area contributed by atoms with Crippen LogP contribution in [0.25, 0.3) is 0 Å². The summed E-state index contributed by atoms with van der Waals surface area (Å²) in [7, 11) is -1.88. The summed E-state index contributed by atoms with van der Waals surface area (Å²) in [4.78, 5) is 15.1. The fourth-order valence-corrected chi connectivity index (χ4v) is 6.37. The van der Waals surface area contributed by atoms with E-state index in [2.05, 4.69) is 25.1 Å². The number of benzene rings is 2. The van der Waals surface area contributed by atoms with Gasteiger partial charge in [0.25, 0.3) is 5.91 Å². The second-order valence-corrected chi connectivity index (χ2v) is 11.7. The molecule has 184 valence electrons. The Hall–Kier alpha value is -2.38. The highest BCUT2D eigenvalue weighted by atomic mass is 32.2. The number of carbonyl (C=O) groups is 1. The summed E-state index contributed by atoms with van der Waals surface area (Å²) in [6.07, 6.45) is 6.79. The van der Waals surface area contributed by atoms with Crippen molar-refractivity contribution in [2.24, 2.45) is 0 Å². The highest BCUT2D eigenvalue weighted by Crippen LogP contribution is 2.27. The van der Waals surface area contributed by atoms with E-state index in [0.29, 0.717) is 18.7 Å². The zero-order valence-electron chi connectivity index (χ0n) is 20.5. The Bertz CT molecular complexity index is 1100. The van der Waals surface area contributed by atoms with Gasteiger partial charge in [0.05, 0.1) is 4.90 Å². The summed E-state index contributed by atoms with van der Waals surface area (Å²) in [5.41, 5.74) is 2.81. The minimum atomic E-state index is -3.56. The van der Waals surface area contributed by atoms with Crippen molar-refractivity contribution >= 4 is 15.9 Å². The Morgan fingerprint density at radius 1 is 0.941 bits per heavy atom. The maximum absolute atomic E-state index is 13.1. The van der Waals surface area contributed by atoms with E-state index in [1.54, 1.807) is 31.3 Å². The van der Waals surface area contributed by atoms with Crippen LogP contribution in [0.3, 0.4) is 0 Å². The second kappa shape index (κ2) is 10.5. The van der Waals surface area contributed by atoms with Gasteiger partial charge in [0.2, 0.25) is 10.0 Å². The van der Waals surface area contributed by atoms with Crippen molar-refractivity contribution in [2.45, 2.75) is 75.8 Å². The van der Waals surface area contributed by atoms with E-state index in [1.165, 1.54) is 16.3 Å². The largest absolute Gasteiger partial charge is 0.490 e. The van der Waals surface area contributed by atoms with Gasteiger partial charge in [-0.15, -0.1) is 0 Å². The summed E-state index contributed by atoms with van der Waals surface area (Å²) in [5, 5.41) is 0. The SMILES string of the molecule is Cc1ccc(C)c(OC2CCN(C(=O)c3ccc(S(=O)(=O)N(C)C4CCCCC4)cc3)CC2)c1. The maximum atomic E-state index is 13.1. The molecule has 1 aliphatic carbocycles. The summed E-state index contributed by atoms with van der Waals surface area (Å²) in [5.74, 6) is 0.856. The fraction of sp³-hybridized carbons (Fsp3) is 0.519. The molecule has 2 aromatic carbocycles. The lowest BCUT2D eigenvalue weighted by Gasteiger charge is -2.32. The van der Waals surface area contributed by atoms with Gasteiger partial charge in [-0.3, -0.25) is 4.79 Å². The fourth-order valence-electron chi connectivity index (χ4n) is 4.95. The number of sulfonamides is 1. The van der Waals surface area contributed by atoms with Gasteiger partial charge in [-0.1, -0.05) is 31.4 Å². The number of rotatable bonds is 6. The third-order valence-electron chi connectivity index (χ3n) is 7.23. The zero-order valence-corrected chi connectivity index (χ0v) is 21.3. The van der Waals surface area contributed by atoms with Crippen LogP contribution in [0.15, 0.2) is 47.4 Å². The van der Waals surface area contributed by atoms with Gasteiger partial charge < -0.3 is 9.64 Å². The van der Waals surface area contributed by atoms with E-state index >= 15 is 0 Å². The summed E-state index contributed by atoms with van der Waals surface area (Å²) in [6, 6.07) is 12.7. The normalized spacial score (nSPS) is 18.3. The van der Waals surface area contributed by atoms with Crippen LogP contribution in [0, 0.1) is 13.8 Å². The quantitative estimate of drug-likeness (QED) is 0.582. The first-order valence-electron chi connectivity index (χ1n) is 12.4. The molecule has 1 saturated heterocycles. The summed E-state index contributed by atoms with van der Waals surface area (Å²) in [6.45, 7) is 5.35. The van der Waals surface area contributed by atoms with Gasteiger partial charge in [-0.05, 0) is 68.1 Å². The summed E-state index contributed by atoms with van der Waals surface area (Å²) < 4.78 is 33.9. The van der Waals surface area contributed by atoms with E-state index in [4.69, 9.17) is 4.74 Å². The van der Waals surface area contributed by atoms with Crippen LogP contribution in [-0.2, 0) is 10.0 Å². The molecule has 4 rings (SSSR count). The average molecular weight is 485 g/mol. The molecule has 2 aromatic rings. The van der Waals surface area contributed by atoms with E-state index in [0.717, 1.165) is 49.8 Å². The number of ether oxygens (including phenoxy) is 1. The molecule has 1 aliphatic heterocycles. The molecule has 1 heterocycles. The van der Waals surface area contributed by atoms with Crippen LogP contribution in [0.2, 0.25) is 0 Å². The zero-order chi connectivity index (χ0) is 24.3. The van der Waals surface area contributed by atoms with Crippen LogP contribution in [-0.4, -0.2) is 55.8 Å². The molecule has 1 amide bonds. The smallest absolute Gasteiger partial charge is 0.253 e. The first kappa shape index (κ1) is 24.7. The lowest BCUT2D eigenvalue weighted by Crippen LogP contribution is -2.41. The number of nitrogens with zero attached hydrogens (tertiary/aromatic N) is 2. The molecule has 2 fully saturated rings. The van der Waals surface area contributed by atoms with E-state index in [1.807, 2.05) is 11.8 Å². The first-order valence-corrected chi connectivity index (χ1v) is 13.8. The molecular weight excluding hydrogens is 448 g/mol. The molecule has 34 heavy (non-hydrogen) atoms. The number of aryl methyl sites for hydroxylation is 2. The van der Waals surface area contributed by atoms with E-state index in [-0.39, 0.29) is 22.9 Å². The van der Waals surface area contributed by atoms with Gasteiger partial charge in [0, 0.05) is 44.6 Å². The van der Waals surface area contributed by atoms with Crippen LogP contribution in [0.4, 0.5) is 0 Å². The highest BCUT2D eigenvalue weighted by molar-refractivity contribution is 7.89. The van der Waals surface area contributed by atoms with Crippen LogP contribution < -0.4 is 4.74 Å². The number of amides is 1. The lowest BCUT2D eigenvalue weighted by atomic mass is 9.96. The Balaban J connectivity index is 1.35. The molecule has 2 aliphatic rings. The number of piperidine rings is 1. The Morgan fingerprint density at radius 3 is 2.24 bits per heavy atom. The van der Waals surface area contributed by atoms with Crippen molar-refractivity contribution in [1.82, 2.24) is 9.21 Å². The number of hydrogen-bond acceptors (Lipinski definition) is 4. The number of hydrogen-bond donors (Lipinski definition) is 0. The van der Waals surface area contributed by atoms with Gasteiger partial charge in [0.1, 0.15) is 11.9 Å². The molecule has 1 saturated carbocycles. The van der Waals surface area contributed by atoms with Gasteiger partial charge in [-0.2, -0.15) is 4.31 Å². The van der Waals surface area contributed by atoms with Crippen molar-refractivity contribution in [3.8, 4) is 5.75 Å². The molecular formula is C27H36N2O4S. The minimum absolute atomic E-state index is 0.0604. The van der Waals surface area contributed by atoms with Crippen molar-refractivity contribution < 1.29 is 17.9 Å². The number of likely N-dealkylation sites (tertiary alicyclic amines) is 1. The average Bonchev–Trinajstić information content (AvgIpc) is 2.86. The Morgan fingerprint density at radius 2 is 1.59 bits per heavy atom. The molecule has 6 nitrogen and oxygen atoms in total. The van der Waals surface area contributed by atoms with E-state index < -0.39 is 10.0 Å². The maximum Gasteiger partial charge on any atom is 0.253 e. The monoisotopic (exact) mass is 484 g/mol. The first-order chi connectivity index (χ1) is 16.3. The highest BCUT2D eigenvalue weighted by Gasteiger charge is 2.30. The predicted molar refractivity (Wildman–Crippen MR) is 134 cm³/mol. The molecule has 0 radical (unpaired) electrons. The van der Waals surface area contributed by atoms with Crippen molar-refractivity contribution in [1.29, 1.82) is 0 Å². The Kier molecular flexibility index (Phi) is 7.63. The third-order valence-corrected chi connectivity index (χ3v) is 9.16. The molecule has 7 heteroatoms. The van der Waals surface area contributed by atoms with E-state index in [9.17, 15) is 13.2 Å². The lowest BCUT2D eigenvalue weighted by molar-refractivity contribution is 0.0594. The molecule has 0 bridgehead atoms. The topological polar surface area (TPSA) is 66.9 Å².